The first-order valence-electron chi connectivity index (χ1n) is 7.05. The van der Waals surface area contributed by atoms with Crippen LogP contribution in [0.15, 0.2) is 30.3 Å². The van der Waals surface area contributed by atoms with Crippen molar-refractivity contribution in [2.45, 2.75) is 38.8 Å². The van der Waals surface area contributed by atoms with Crippen LogP contribution in [0.4, 0.5) is 4.79 Å². The maximum absolute atomic E-state index is 12.3. The van der Waals surface area contributed by atoms with E-state index in [0.717, 1.165) is 5.56 Å². The van der Waals surface area contributed by atoms with Gasteiger partial charge >= 0.3 is 12.1 Å². The standard InChI is InChI=1S/C16H21NO4/c1-16(2,3)21-15(20)17-10-12(14(18)19)9-13(17)11-7-5-4-6-8-11/h4-8,12-13H,9-10H2,1-3H3,(H,18,19)/t12-,13+/m0/s1. The summed E-state index contributed by atoms with van der Waals surface area (Å²) in [5.74, 6) is -1.43. The van der Waals surface area contributed by atoms with E-state index in [1.165, 1.54) is 4.90 Å². The smallest absolute Gasteiger partial charge is 0.410 e. The molecule has 0 aromatic heterocycles. The molecule has 1 aromatic carbocycles. The fourth-order valence-corrected chi connectivity index (χ4v) is 2.53. The van der Waals surface area contributed by atoms with Crippen LogP contribution in [0.3, 0.4) is 0 Å². The van der Waals surface area contributed by atoms with E-state index in [0.29, 0.717) is 6.42 Å². The molecule has 0 spiro atoms. The fraction of sp³-hybridized carbons (Fsp3) is 0.500. The number of carbonyl (C=O) groups excluding carboxylic acids is 1. The second-order valence-corrected chi connectivity index (χ2v) is 6.33. The number of likely N-dealkylation sites (tertiary alicyclic amines) is 1. The highest BCUT2D eigenvalue weighted by molar-refractivity contribution is 5.75. The molecule has 0 radical (unpaired) electrons. The molecule has 21 heavy (non-hydrogen) atoms. The first-order valence-corrected chi connectivity index (χ1v) is 7.05. The molecular weight excluding hydrogens is 270 g/mol. The summed E-state index contributed by atoms with van der Waals surface area (Å²) in [5.41, 5.74) is 0.340. The van der Waals surface area contributed by atoms with Crippen LogP contribution in [0.25, 0.3) is 0 Å². The highest BCUT2D eigenvalue weighted by Crippen LogP contribution is 2.36. The Bertz CT molecular complexity index is 521. The second-order valence-electron chi connectivity index (χ2n) is 6.33. The SMILES string of the molecule is CC(C)(C)OC(=O)N1C[C@@H](C(=O)O)C[C@@H]1c1ccccc1. The van der Waals surface area contributed by atoms with E-state index in [2.05, 4.69) is 0 Å². The van der Waals surface area contributed by atoms with Crippen LogP contribution in [0, 0.1) is 5.92 Å². The number of hydrogen-bond acceptors (Lipinski definition) is 3. The Morgan fingerprint density at radius 1 is 1.24 bits per heavy atom. The predicted octanol–water partition coefficient (Wildman–Crippen LogP) is 3.07. The Hall–Kier alpha value is -2.04. The van der Waals surface area contributed by atoms with E-state index in [1.807, 2.05) is 30.3 Å². The molecule has 1 aromatic rings. The van der Waals surface area contributed by atoms with Crippen molar-refractivity contribution < 1.29 is 19.4 Å². The van der Waals surface area contributed by atoms with E-state index in [9.17, 15) is 14.7 Å². The normalized spacial score (nSPS) is 22.1. The van der Waals surface area contributed by atoms with Gasteiger partial charge in [0.25, 0.3) is 0 Å². The second kappa shape index (κ2) is 5.76. The van der Waals surface area contributed by atoms with Crippen molar-refractivity contribution >= 4 is 12.1 Å². The molecule has 5 nitrogen and oxygen atoms in total. The van der Waals surface area contributed by atoms with E-state index < -0.39 is 23.6 Å². The van der Waals surface area contributed by atoms with Crippen molar-refractivity contribution in [1.29, 1.82) is 0 Å². The van der Waals surface area contributed by atoms with Crippen molar-refractivity contribution in [2.75, 3.05) is 6.54 Å². The van der Waals surface area contributed by atoms with Gasteiger partial charge in [-0.3, -0.25) is 4.79 Å². The van der Waals surface area contributed by atoms with Gasteiger partial charge in [0.05, 0.1) is 12.0 Å². The quantitative estimate of drug-likeness (QED) is 0.909. The predicted molar refractivity (Wildman–Crippen MR) is 77.9 cm³/mol. The number of aliphatic carboxylic acids is 1. The summed E-state index contributed by atoms with van der Waals surface area (Å²) in [6.07, 6.45) is -0.0430. The summed E-state index contributed by atoms with van der Waals surface area (Å²) in [6, 6.07) is 9.24. The lowest BCUT2D eigenvalue weighted by atomic mass is 10.00. The number of carboxylic acid groups (broad SMARTS) is 1. The number of ether oxygens (including phenoxy) is 1. The van der Waals surface area contributed by atoms with Gasteiger partial charge in [0.1, 0.15) is 5.60 Å². The van der Waals surface area contributed by atoms with Crippen molar-refractivity contribution in [3.8, 4) is 0 Å². The molecule has 5 heteroatoms. The zero-order valence-corrected chi connectivity index (χ0v) is 12.6. The fourth-order valence-electron chi connectivity index (χ4n) is 2.53. The molecule has 0 bridgehead atoms. The van der Waals surface area contributed by atoms with Gasteiger partial charge in [-0.05, 0) is 32.8 Å². The largest absolute Gasteiger partial charge is 0.481 e. The van der Waals surface area contributed by atoms with Gasteiger partial charge in [0, 0.05) is 6.54 Å². The minimum Gasteiger partial charge on any atom is -0.481 e. The number of nitrogens with zero attached hydrogens (tertiary/aromatic N) is 1. The third-order valence-corrected chi connectivity index (χ3v) is 3.46. The van der Waals surface area contributed by atoms with Gasteiger partial charge in [-0.25, -0.2) is 4.79 Å². The highest BCUT2D eigenvalue weighted by atomic mass is 16.6. The van der Waals surface area contributed by atoms with E-state index in [-0.39, 0.29) is 12.6 Å². The van der Waals surface area contributed by atoms with Gasteiger partial charge in [-0.15, -0.1) is 0 Å². The first-order chi connectivity index (χ1) is 9.78. The maximum Gasteiger partial charge on any atom is 0.410 e. The summed E-state index contributed by atoms with van der Waals surface area (Å²) in [6.45, 7) is 5.58. The van der Waals surface area contributed by atoms with E-state index in [4.69, 9.17) is 4.74 Å². The molecule has 1 amide bonds. The molecule has 114 valence electrons. The van der Waals surface area contributed by atoms with Gasteiger partial charge in [0.15, 0.2) is 0 Å². The molecule has 2 rings (SSSR count). The van der Waals surface area contributed by atoms with Crippen molar-refractivity contribution in [2.24, 2.45) is 5.92 Å². The van der Waals surface area contributed by atoms with Crippen LogP contribution < -0.4 is 0 Å². The summed E-state index contributed by atoms with van der Waals surface area (Å²) in [5, 5.41) is 9.23. The minimum absolute atomic E-state index is 0.184. The summed E-state index contributed by atoms with van der Waals surface area (Å²) < 4.78 is 5.40. The maximum atomic E-state index is 12.3. The van der Waals surface area contributed by atoms with Gasteiger partial charge in [0.2, 0.25) is 0 Å². The lowest BCUT2D eigenvalue weighted by Crippen LogP contribution is -2.37. The Morgan fingerprint density at radius 2 is 1.86 bits per heavy atom. The number of carbonyl (C=O) groups is 2. The molecule has 1 N–H and O–H groups in total. The Morgan fingerprint density at radius 3 is 2.38 bits per heavy atom. The van der Waals surface area contributed by atoms with Gasteiger partial charge in [-0.2, -0.15) is 0 Å². The molecule has 0 saturated carbocycles. The number of amides is 1. The Kier molecular flexibility index (Phi) is 4.21. The van der Waals surface area contributed by atoms with Crippen LogP contribution in [-0.2, 0) is 9.53 Å². The third-order valence-electron chi connectivity index (χ3n) is 3.46. The minimum atomic E-state index is -0.873. The van der Waals surface area contributed by atoms with Crippen molar-refractivity contribution in [3.63, 3.8) is 0 Å². The molecule has 1 fully saturated rings. The number of hydrogen-bond donors (Lipinski definition) is 1. The van der Waals surface area contributed by atoms with E-state index in [1.54, 1.807) is 20.8 Å². The van der Waals surface area contributed by atoms with Crippen LogP contribution in [0.2, 0.25) is 0 Å². The lowest BCUT2D eigenvalue weighted by Gasteiger charge is -2.28. The molecule has 0 unspecified atom stereocenters. The van der Waals surface area contributed by atoms with Crippen LogP contribution in [0.5, 0.6) is 0 Å². The summed E-state index contributed by atoms with van der Waals surface area (Å²) >= 11 is 0. The monoisotopic (exact) mass is 291 g/mol. The van der Waals surface area contributed by atoms with Gasteiger partial charge < -0.3 is 14.7 Å². The van der Waals surface area contributed by atoms with E-state index >= 15 is 0 Å². The average molecular weight is 291 g/mol. The topological polar surface area (TPSA) is 66.8 Å². The molecule has 2 atom stereocenters. The molecular formula is C16H21NO4. The molecule has 1 heterocycles. The molecule has 1 saturated heterocycles. The molecule has 0 aliphatic carbocycles. The Labute approximate surface area is 124 Å². The zero-order chi connectivity index (χ0) is 15.6. The van der Waals surface area contributed by atoms with Crippen LogP contribution in [-0.4, -0.2) is 34.2 Å². The highest BCUT2D eigenvalue weighted by Gasteiger charge is 2.41. The van der Waals surface area contributed by atoms with Crippen LogP contribution in [0.1, 0.15) is 38.8 Å². The summed E-state index contributed by atoms with van der Waals surface area (Å²) in [4.78, 5) is 25.1. The number of carboxylic acids is 1. The van der Waals surface area contributed by atoms with Crippen molar-refractivity contribution in [1.82, 2.24) is 4.90 Å². The average Bonchev–Trinajstić information content (AvgIpc) is 2.83. The lowest BCUT2D eigenvalue weighted by molar-refractivity contribution is -0.141. The number of rotatable bonds is 2. The third kappa shape index (κ3) is 3.74. The summed E-state index contributed by atoms with van der Waals surface area (Å²) in [7, 11) is 0. The zero-order valence-electron chi connectivity index (χ0n) is 12.6. The van der Waals surface area contributed by atoms with Gasteiger partial charge in [-0.1, -0.05) is 30.3 Å². The first kappa shape index (κ1) is 15.4. The number of benzene rings is 1. The molecule has 1 aliphatic heterocycles. The van der Waals surface area contributed by atoms with Crippen molar-refractivity contribution in [3.05, 3.63) is 35.9 Å². The Balaban J connectivity index is 2.23. The van der Waals surface area contributed by atoms with Crippen LogP contribution >= 0.6 is 0 Å². The molecule has 1 aliphatic rings.